The van der Waals surface area contributed by atoms with Gasteiger partial charge in [0, 0.05) is 37.2 Å². The minimum Gasteiger partial charge on any atom is -0.354 e. The number of H-pyrrole nitrogens is 1. The third-order valence-corrected chi connectivity index (χ3v) is 4.15. The molecule has 3 N–H and O–H groups in total. The number of benzene rings is 1. The lowest BCUT2D eigenvalue weighted by Gasteiger charge is -2.22. The molecule has 3 heterocycles. The van der Waals surface area contributed by atoms with E-state index in [1.54, 1.807) is 6.33 Å². The van der Waals surface area contributed by atoms with E-state index in [2.05, 4.69) is 30.7 Å². The van der Waals surface area contributed by atoms with Crippen molar-refractivity contribution in [1.82, 2.24) is 30.7 Å². The van der Waals surface area contributed by atoms with Crippen molar-refractivity contribution in [2.24, 2.45) is 0 Å². The van der Waals surface area contributed by atoms with Gasteiger partial charge < -0.3 is 20.1 Å². The SMILES string of the molecule is O=C(NCCc1noc(-c2ccccc2)n1)[C@@H]1NCCc2[nH]cnc21. The molecule has 3 aromatic rings. The van der Waals surface area contributed by atoms with E-state index in [9.17, 15) is 4.79 Å². The number of hydrogen-bond donors (Lipinski definition) is 3. The number of imidazole rings is 1. The van der Waals surface area contributed by atoms with Crippen molar-refractivity contribution >= 4 is 5.91 Å². The number of hydrogen-bond acceptors (Lipinski definition) is 6. The fourth-order valence-corrected chi connectivity index (χ4v) is 2.89. The van der Waals surface area contributed by atoms with Gasteiger partial charge >= 0.3 is 0 Å². The van der Waals surface area contributed by atoms with Gasteiger partial charge in [-0.25, -0.2) is 4.98 Å². The molecular weight excluding hydrogens is 320 g/mol. The Labute approximate surface area is 144 Å². The largest absolute Gasteiger partial charge is 0.354 e. The van der Waals surface area contributed by atoms with Crippen LogP contribution in [0.25, 0.3) is 11.5 Å². The Morgan fingerprint density at radius 3 is 3.08 bits per heavy atom. The minimum absolute atomic E-state index is 0.0974. The zero-order valence-electron chi connectivity index (χ0n) is 13.5. The van der Waals surface area contributed by atoms with Crippen LogP contribution in [-0.2, 0) is 17.6 Å². The molecule has 8 nitrogen and oxygen atoms in total. The average molecular weight is 338 g/mol. The Hall–Kier alpha value is -3.00. The summed E-state index contributed by atoms with van der Waals surface area (Å²) in [4.78, 5) is 24.1. The highest BCUT2D eigenvalue weighted by atomic mass is 16.5. The van der Waals surface area contributed by atoms with Crippen LogP contribution >= 0.6 is 0 Å². The number of amides is 1. The van der Waals surface area contributed by atoms with Crippen molar-refractivity contribution in [1.29, 1.82) is 0 Å². The summed E-state index contributed by atoms with van der Waals surface area (Å²) in [6, 6.07) is 9.17. The highest BCUT2D eigenvalue weighted by molar-refractivity contribution is 5.83. The number of aromatic nitrogens is 4. The molecule has 1 aromatic carbocycles. The first-order valence-electron chi connectivity index (χ1n) is 8.22. The second-order valence-electron chi connectivity index (χ2n) is 5.83. The van der Waals surface area contributed by atoms with Crippen molar-refractivity contribution in [3.63, 3.8) is 0 Å². The first kappa shape index (κ1) is 15.5. The Kier molecular flexibility index (Phi) is 4.26. The number of rotatable bonds is 5. The van der Waals surface area contributed by atoms with Crippen LogP contribution in [-0.4, -0.2) is 39.1 Å². The quantitative estimate of drug-likeness (QED) is 0.640. The first-order valence-corrected chi connectivity index (χ1v) is 8.22. The van der Waals surface area contributed by atoms with Crippen LogP contribution in [0.3, 0.4) is 0 Å². The predicted molar refractivity (Wildman–Crippen MR) is 89.5 cm³/mol. The number of nitrogens with one attached hydrogen (secondary N) is 3. The van der Waals surface area contributed by atoms with E-state index in [1.807, 2.05) is 30.3 Å². The Bertz CT molecular complexity index is 857. The van der Waals surface area contributed by atoms with E-state index in [-0.39, 0.29) is 5.91 Å². The average Bonchev–Trinajstić information content (AvgIpc) is 3.31. The van der Waals surface area contributed by atoms with Gasteiger partial charge in [-0.05, 0) is 12.1 Å². The second kappa shape index (κ2) is 6.86. The highest BCUT2D eigenvalue weighted by Crippen LogP contribution is 2.19. The molecule has 0 spiro atoms. The molecule has 0 radical (unpaired) electrons. The molecule has 25 heavy (non-hydrogen) atoms. The van der Waals surface area contributed by atoms with Gasteiger partial charge in [0.15, 0.2) is 5.82 Å². The minimum atomic E-state index is -0.417. The smallest absolute Gasteiger partial charge is 0.257 e. The van der Waals surface area contributed by atoms with Crippen LogP contribution in [0.15, 0.2) is 41.2 Å². The molecule has 1 aliphatic rings. The zero-order valence-corrected chi connectivity index (χ0v) is 13.5. The summed E-state index contributed by atoms with van der Waals surface area (Å²) in [7, 11) is 0. The molecule has 0 fully saturated rings. The number of carbonyl (C=O) groups excluding carboxylic acids is 1. The van der Waals surface area contributed by atoms with Crippen LogP contribution in [0.4, 0.5) is 0 Å². The third kappa shape index (κ3) is 3.29. The van der Waals surface area contributed by atoms with Gasteiger partial charge in [-0.3, -0.25) is 4.79 Å². The van der Waals surface area contributed by atoms with Gasteiger partial charge in [-0.1, -0.05) is 23.4 Å². The fraction of sp³-hybridized carbons (Fsp3) is 0.294. The number of carbonyl (C=O) groups is 1. The summed E-state index contributed by atoms with van der Waals surface area (Å²) >= 11 is 0. The summed E-state index contributed by atoms with van der Waals surface area (Å²) in [5, 5.41) is 10.1. The maximum absolute atomic E-state index is 12.4. The normalized spacial score (nSPS) is 16.4. The lowest BCUT2D eigenvalue weighted by atomic mass is 10.1. The van der Waals surface area contributed by atoms with E-state index >= 15 is 0 Å². The fourth-order valence-electron chi connectivity index (χ4n) is 2.89. The molecule has 2 aromatic heterocycles. The first-order chi connectivity index (χ1) is 12.3. The van der Waals surface area contributed by atoms with Crippen LogP contribution in [0.1, 0.15) is 23.3 Å². The number of nitrogens with zero attached hydrogens (tertiary/aromatic N) is 3. The predicted octanol–water partition coefficient (Wildman–Crippen LogP) is 1.01. The topological polar surface area (TPSA) is 109 Å². The zero-order chi connectivity index (χ0) is 17.1. The van der Waals surface area contributed by atoms with Crippen LogP contribution < -0.4 is 10.6 Å². The number of fused-ring (bicyclic) bond motifs is 1. The van der Waals surface area contributed by atoms with Crippen LogP contribution in [0, 0.1) is 0 Å². The van der Waals surface area contributed by atoms with E-state index in [1.165, 1.54) is 0 Å². The summed E-state index contributed by atoms with van der Waals surface area (Å²) in [5.74, 6) is 0.952. The molecule has 8 heteroatoms. The van der Waals surface area contributed by atoms with Crippen molar-refractivity contribution in [3.05, 3.63) is 53.9 Å². The molecule has 0 saturated heterocycles. The van der Waals surface area contributed by atoms with Gasteiger partial charge in [0.1, 0.15) is 6.04 Å². The van der Waals surface area contributed by atoms with Gasteiger partial charge in [0.25, 0.3) is 5.89 Å². The molecule has 0 bridgehead atoms. The molecule has 0 unspecified atom stereocenters. The van der Waals surface area contributed by atoms with E-state index in [4.69, 9.17) is 4.52 Å². The maximum Gasteiger partial charge on any atom is 0.257 e. The van der Waals surface area contributed by atoms with Crippen molar-refractivity contribution < 1.29 is 9.32 Å². The van der Waals surface area contributed by atoms with Crippen molar-refractivity contribution in [2.45, 2.75) is 18.9 Å². The molecule has 0 saturated carbocycles. The monoisotopic (exact) mass is 338 g/mol. The maximum atomic E-state index is 12.4. The summed E-state index contributed by atoms with van der Waals surface area (Å²) in [6.07, 6.45) is 2.98. The van der Waals surface area contributed by atoms with Crippen molar-refractivity contribution in [3.8, 4) is 11.5 Å². The molecular formula is C17H18N6O2. The highest BCUT2D eigenvalue weighted by Gasteiger charge is 2.28. The summed E-state index contributed by atoms with van der Waals surface area (Å²) in [5.41, 5.74) is 2.67. The molecule has 4 rings (SSSR count). The summed E-state index contributed by atoms with van der Waals surface area (Å²) in [6.45, 7) is 1.18. The van der Waals surface area contributed by atoms with E-state index in [0.29, 0.717) is 24.7 Å². The van der Waals surface area contributed by atoms with Crippen molar-refractivity contribution in [2.75, 3.05) is 13.1 Å². The van der Waals surface area contributed by atoms with Gasteiger partial charge in [-0.15, -0.1) is 0 Å². The molecule has 1 amide bonds. The molecule has 0 aliphatic carbocycles. The second-order valence-corrected chi connectivity index (χ2v) is 5.83. The van der Waals surface area contributed by atoms with Gasteiger partial charge in [-0.2, -0.15) is 4.98 Å². The third-order valence-electron chi connectivity index (χ3n) is 4.15. The molecule has 1 aliphatic heterocycles. The Morgan fingerprint density at radius 2 is 2.20 bits per heavy atom. The number of aromatic amines is 1. The van der Waals surface area contributed by atoms with Gasteiger partial charge in [0.2, 0.25) is 5.91 Å². The Balaban J connectivity index is 1.33. The Morgan fingerprint density at radius 1 is 1.32 bits per heavy atom. The molecule has 1 atom stereocenters. The standard InChI is InChI=1S/C17H18N6O2/c24-16(15-14-12(6-8-18-15)20-10-21-14)19-9-7-13-22-17(25-23-13)11-4-2-1-3-5-11/h1-5,10,15,18H,6-9H2,(H,19,24)(H,20,21)/t15-/m1/s1. The van der Waals surface area contributed by atoms with Crippen LogP contribution in [0.5, 0.6) is 0 Å². The summed E-state index contributed by atoms with van der Waals surface area (Å²) < 4.78 is 5.26. The van der Waals surface area contributed by atoms with E-state index in [0.717, 1.165) is 29.9 Å². The van der Waals surface area contributed by atoms with Crippen LogP contribution in [0.2, 0.25) is 0 Å². The lowest BCUT2D eigenvalue weighted by Crippen LogP contribution is -2.42. The van der Waals surface area contributed by atoms with Gasteiger partial charge in [0.05, 0.1) is 12.0 Å². The molecule has 128 valence electrons. The lowest BCUT2D eigenvalue weighted by molar-refractivity contribution is -0.123. The van der Waals surface area contributed by atoms with E-state index < -0.39 is 6.04 Å².